The third-order valence-corrected chi connectivity index (χ3v) is 4.51. The first-order chi connectivity index (χ1) is 9.47. The van der Waals surface area contributed by atoms with Gasteiger partial charge in [0.05, 0.1) is 0 Å². The van der Waals surface area contributed by atoms with Gasteiger partial charge >= 0.3 is 0 Å². The summed E-state index contributed by atoms with van der Waals surface area (Å²) in [6.07, 6.45) is 2.51. The Labute approximate surface area is 131 Å². The van der Waals surface area contributed by atoms with E-state index in [-0.39, 0.29) is 0 Å². The minimum atomic E-state index is 0.450. The summed E-state index contributed by atoms with van der Waals surface area (Å²) in [6, 6.07) is 2.91. The Hall–Kier alpha value is -0.350. The van der Waals surface area contributed by atoms with E-state index < -0.39 is 0 Å². The van der Waals surface area contributed by atoms with Gasteiger partial charge in [-0.25, -0.2) is 4.98 Å². The average Bonchev–Trinajstić information content (AvgIpc) is 2.84. The van der Waals surface area contributed by atoms with Crippen molar-refractivity contribution in [3.05, 3.63) is 27.5 Å². The van der Waals surface area contributed by atoms with Gasteiger partial charge in [-0.15, -0.1) is 0 Å². The molecule has 1 aromatic rings. The normalized spacial score (nSPS) is 19.2. The van der Waals surface area contributed by atoms with E-state index in [0.29, 0.717) is 22.3 Å². The van der Waals surface area contributed by atoms with Gasteiger partial charge in [0.15, 0.2) is 0 Å². The van der Waals surface area contributed by atoms with Crippen LogP contribution in [0.5, 0.6) is 0 Å². The van der Waals surface area contributed by atoms with Gasteiger partial charge in [0.2, 0.25) is 0 Å². The van der Waals surface area contributed by atoms with Gasteiger partial charge in [-0.2, -0.15) is 0 Å². The lowest BCUT2D eigenvalue weighted by molar-refractivity contribution is 0.194. The first-order valence-corrected chi connectivity index (χ1v) is 8.02. The molecule has 1 aliphatic rings. The lowest BCUT2D eigenvalue weighted by Crippen LogP contribution is -2.40. The molecule has 1 unspecified atom stereocenters. The van der Waals surface area contributed by atoms with Crippen molar-refractivity contribution in [1.82, 2.24) is 15.2 Å². The van der Waals surface area contributed by atoms with Crippen LogP contribution in [0.2, 0.25) is 10.2 Å². The second-order valence-electron chi connectivity index (χ2n) is 5.83. The molecule has 0 saturated carbocycles. The molecule has 20 heavy (non-hydrogen) atoms. The quantitative estimate of drug-likeness (QED) is 0.840. The summed E-state index contributed by atoms with van der Waals surface area (Å²) >= 11 is 12.6. The van der Waals surface area contributed by atoms with Crippen LogP contribution in [0.1, 0.15) is 37.9 Å². The Morgan fingerprint density at radius 2 is 2.20 bits per heavy atom. The average molecular weight is 316 g/mol. The molecule has 112 valence electrons. The number of halogens is 2. The summed E-state index contributed by atoms with van der Waals surface area (Å²) in [5.41, 5.74) is 1.79. The second-order valence-corrected chi connectivity index (χ2v) is 6.60. The minimum Gasteiger partial charge on any atom is -0.313 e. The van der Waals surface area contributed by atoms with Gasteiger partial charge < -0.3 is 5.32 Å². The van der Waals surface area contributed by atoms with Gasteiger partial charge in [-0.1, -0.05) is 23.2 Å². The maximum absolute atomic E-state index is 6.33. The lowest BCUT2D eigenvalue weighted by atomic mass is 10.1. The summed E-state index contributed by atoms with van der Waals surface area (Å²) < 4.78 is 0. The summed E-state index contributed by atoms with van der Waals surface area (Å²) in [4.78, 5) is 6.73. The molecule has 0 aromatic carbocycles. The Morgan fingerprint density at radius 1 is 1.45 bits per heavy atom. The number of pyridine rings is 1. The third-order valence-electron chi connectivity index (χ3n) is 3.86. The number of aromatic nitrogens is 1. The topological polar surface area (TPSA) is 28.2 Å². The van der Waals surface area contributed by atoms with E-state index in [1.54, 1.807) is 0 Å². The molecule has 1 N–H and O–H groups in total. The van der Waals surface area contributed by atoms with Crippen molar-refractivity contribution in [3.8, 4) is 0 Å². The van der Waals surface area contributed by atoms with Crippen molar-refractivity contribution in [3.63, 3.8) is 0 Å². The zero-order chi connectivity index (χ0) is 14.7. The zero-order valence-corrected chi connectivity index (χ0v) is 13.9. The molecule has 1 saturated heterocycles. The molecule has 0 spiro atoms. The number of hydrogen-bond donors (Lipinski definition) is 1. The Morgan fingerprint density at radius 3 is 2.75 bits per heavy atom. The molecule has 5 heteroatoms. The molecular weight excluding hydrogens is 293 g/mol. The number of aryl methyl sites for hydroxylation is 1. The highest BCUT2D eigenvalue weighted by Crippen LogP contribution is 2.26. The maximum Gasteiger partial charge on any atom is 0.135 e. The maximum atomic E-state index is 6.33. The SMILES string of the molecule is Cc1cc(Cl)c(CN(CC2CCCN2)C(C)C)c(Cl)n1. The highest BCUT2D eigenvalue weighted by molar-refractivity contribution is 6.35. The highest BCUT2D eigenvalue weighted by Gasteiger charge is 2.21. The van der Waals surface area contributed by atoms with Crippen LogP contribution in [-0.2, 0) is 6.54 Å². The molecule has 0 radical (unpaired) electrons. The third kappa shape index (κ3) is 4.08. The van der Waals surface area contributed by atoms with E-state index in [4.69, 9.17) is 23.2 Å². The van der Waals surface area contributed by atoms with Crippen LogP contribution in [0.3, 0.4) is 0 Å². The molecular formula is C15H23Cl2N3. The molecule has 3 nitrogen and oxygen atoms in total. The Kier molecular flexibility index (Phi) is 5.67. The van der Waals surface area contributed by atoms with Gasteiger partial charge in [-0.05, 0) is 46.2 Å². The largest absolute Gasteiger partial charge is 0.313 e. The molecule has 1 fully saturated rings. The molecule has 0 bridgehead atoms. The second kappa shape index (κ2) is 7.08. The summed E-state index contributed by atoms with van der Waals surface area (Å²) in [6.45, 7) is 9.23. The van der Waals surface area contributed by atoms with E-state index in [1.165, 1.54) is 12.8 Å². The van der Waals surface area contributed by atoms with E-state index in [2.05, 4.69) is 29.0 Å². The molecule has 1 atom stereocenters. The Balaban J connectivity index is 2.11. The number of nitrogens with one attached hydrogen (secondary N) is 1. The molecule has 0 aliphatic carbocycles. The fourth-order valence-electron chi connectivity index (χ4n) is 2.62. The lowest BCUT2D eigenvalue weighted by Gasteiger charge is -2.30. The van der Waals surface area contributed by atoms with Crippen molar-refractivity contribution < 1.29 is 0 Å². The summed E-state index contributed by atoms with van der Waals surface area (Å²) in [5, 5.41) is 4.79. The molecule has 1 aromatic heterocycles. The van der Waals surface area contributed by atoms with Crippen LogP contribution in [0.25, 0.3) is 0 Å². The van der Waals surface area contributed by atoms with E-state index >= 15 is 0 Å². The summed E-state index contributed by atoms with van der Waals surface area (Å²) in [7, 11) is 0. The first kappa shape index (κ1) is 16.0. The van der Waals surface area contributed by atoms with Gasteiger partial charge in [0, 0.05) is 41.5 Å². The molecule has 2 heterocycles. The van der Waals surface area contributed by atoms with Crippen LogP contribution in [-0.4, -0.2) is 35.1 Å². The fourth-order valence-corrected chi connectivity index (χ4v) is 3.27. The van der Waals surface area contributed by atoms with Crippen molar-refractivity contribution in [2.24, 2.45) is 0 Å². The van der Waals surface area contributed by atoms with Crippen molar-refractivity contribution in [2.75, 3.05) is 13.1 Å². The van der Waals surface area contributed by atoms with E-state index in [0.717, 1.165) is 30.9 Å². The van der Waals surface area contributed by atoms with Gasteiger partial charge in [0.25, 0.3) is 0 Å². The van der Waals surface area contributed by atoms with Crippen molar-refractivity contribution >= 4 is 23.2 Å². The van der Waals surface area contributed by atoms with Crippen LogP contribution in [0, 0.1) is 6.92 Å². The van der Waals surface area contributed by atoms with Crippen LogP contribution < -0.4 is 5.32 Å². The molecule has 0 amide bonds. The summed E-state index contributed by atoms with van der Waals surface area (Å²) in [5.74, 6) is 0. The minimum absolute atomic E-state index is 0.450. The van der Waals surface area contributed by atoms with Crippen LogP contribution >= 0.6 is 23.2 Å². The predicted molar refractivity (Wildman–Crippen MR) is 85.6 cm³/mol. The smallest absolute Gasteiger partial charge is 0.135 e. The first-order valence-electron chi connectivity index (χ1n) is 7.26. The Bertz CT molecular complexity index is 433. The standard InChI is InChI=1S/C15H23Cl2N3/c1-10(2)20(8-12-5-4-6-18-12)9-13-14(16)7-11(3)19-15(13)17/h7,10,12,18H,4-6,8-9H2,1-3H3. The zero-order valence-electron chi connectivity index (χ0n) is 12.4. The molecule has 2 rings (SSSR count). The van der Waals surface area contributed by atoms with Crippen molar-refractivity contribution in [2.45, 2.75) is 52.2 Å². The number of hydrogen-bond acceptors (Lipinski definition) is 3. The molecule has 1 aliphatic heterocycles. The number of rotatable bonds is 5. The van der Waals surface area contributed by atoms with E-state index in [1.807, 2.05) is 13.0 Å². The predicted octanol–water partition coefficient (Wildman–Crippen LogP) is 3.66. The van der Waals surface area contributed by atoms with Gasteiger partial charge in [0.1, 0.15) is 5.15 Å². The van der Waals surface area contributed by atoms with Crippen molar-refractivity contribution in [1.29, 1.82) is 0 Å². The van der Waals surface area contributed by atoms with E-state index in [9.17, 15) is 0 Å². The van der Waals surface area contributed by atoms with Crippen LogP contribution in [0.4, 0.5) is 0 Å². The monoisotopic (exact) mass is 315 g/mol. The highest BCUT2D eigenvalue weighted by atomic mass is 35.5. The fraction of sp³-hybridized carbons (Fsp3) is 0.667. The number of nitrogens with zero attached hydrogens (tertiary/aromatic N) is 2. The van der Waals surface area contributed by atoms with Crippen LogP contribution in [0.15, 0.2) is 6.07 Å². The van der Waals surface area contributed by atoms with Gasteiger partial charge in [-0.3, -0.25) is 4.90 Å².